The van der Waals surface area contributed by atoms with Crippen molar-refractivity contribution >= 4 is 21.4 Å². The Morgan fingerprint density at radius 2 is 1.82 bits per heavy atom. The zero-order valence-corrected chi connectivity index (χ0v) is 11.0. The molecule has 0 atom stereocenters. The molecule has 0 heterocycles. The van der Waals surface area contributed by atoms with Crippen molar-refractivity contribution in [2.45, 2.75) is 26.7 Å². The van der Waals surface area contributed by atoms with Crippen molar-refractivity contribution in [3.63, 3.8) is 0 Å². The quantitative estimate of drug-likeness (QED) is 0.808. The molecule has 2 rings (SSSR count). The summed E-state index contributed by atoms with van der Waals surface area (Å²) in [4.78, 5) is 0. The average molecular weight is 254 g/mol. The molecule has 1 aromatic carbocycles. The summed E-state index contributed by atoms with van der Waals surface area (Å²) < 4.78 is 26.5. The fourth-order valence-electron chi connectivity index (χ4n) is 1.95. The summed E-state index contributed by atoms with van der Waals surface area (Å²) in [5.41, 5.74) is 8.76. The van der Waals surface area contributed by atoms with Crippen LogP contribution in [0.25, 0.3) is 0 Å². The van der Waals surface area contributed by atoms with Crippen LogP contribution in [0.2, 0.25) is 0 Å². The zero-order chi connectivity index (χ0) is 12.6. The third-order valence-corrected chi connectivity index (χ3v) is 4.39. The number of anilines is 2. The van der Waals surface area contributed by atoms with Crippen LogP contribution in [0.3, 0.4) is 0 Å². The summed E-state index contributed by atoms with van der Waals surface area (Å²) in [6.45, 7) is 3.72. The molecule has 3 N–H and O–H groups in total. The van der Waals surface area contributed by atoms with Gasteiger partial charge in [-0.3, -0.25) is 4.72 Å². The SMILES string of the molecule is Cc1cc(N)cc(C)c1NS(=O)(=O)CC1CC1. The molecule has 0 aromatic heterocycles. The Hall–Kier alpha value is -1.23. The second-order valence-electron chi connectivity index (χ2n) is 4.86. The van der Waals surface area contributed by atoms with E-state index >= 15 is 0 Å². The molecule has 0 aliphatic heterocycles. The number of nitrogens with one attached hydrogen (secondary N) is 1. The van der Waals surface area contributed by atoms with Gasteiger partial charge in [0.1, 0.15) is 0 Å². The van der Waals surface area contributed by atoms with E-state index in [1.165, 1.54) is 0 Å². The monoisotopic (exact) mass is 254 g/mol. The van der Waals surface area contributed by atoms with E-state index in [0.717, 1.165) is 24.0 Å². The highest BCUT2D eigenvalue weighted by Crippen LogP contribution is 2.31. The minimum Gasteiger partial charge on any atom is -0.399 e. The van der Waals surface area contributed by atoms with Gasteiger partial charge in [-0.2, -0.15) is 0 Å². The average Bonchev–Trinajstić information content (AvgIpc) is 2.94. The van der Waals surface area contributed by atoms with E-state index in [1.54, 1.807) is 12.1 Å². The number of nitrogen functional groups attached to an aromatic ring is 1. The van der Waals surface area contributed by atoms with Gasteiger partial charge in [-0.15, -0.1) is 0 Å². The van der Waals surface area contributed by atoms with Gasteiger partial charge in [0.15, 0.2) is 0 Å². The predicted molar refractivity (Wildman–Crippen MR) is 70.5 cm³/mol. The van der Waals surface area contributed by atoms with E-state index in [1.807, 2.05) is 13.8 Å². The third-order valence-electron chi connectivity index (χ3n) is 2.96. The minimum absolute atomic E-state index is 0.232. The molecule has 0 radical (unpaired) electrons. The van der Waals surface area contributed by atoms with E-state index < -0.39 is 10.0 Å². The van der Waals surface area contributed by atoms with E-state index in [0.29, 0.717) is 17.3 Å². The van der Waals surface area contributed by atoms with Crippen LogP contribution in [0, 0.1) is 19.8 Å². The summed E-state index contributed by atoms with van der Waals surface area (Å²) in [5, 5.41) is 0. The highest BCUT2D eigenvalue weighted by molar-refractivity contribution is 7.92. The van der Waals surface area contributed by atoms with Crippen molar-refractivity contribution in [3.05, 3.63) is 23.3 Å². The predicted octanol–water partition coefficient (Wildman–Crippen LogP) is 2.04. The summed E-state index contributed by atoms with van der Waals surface area (Å²) in [5.74, 6) is 0.581. The van der Waals surface area contributed by atoms with Gasteiger partial charge in [0.2, 0.25) is 10.0 Å². The van der Waals surface area contributed by atoms with E-state index in [9.17, 15) is 8.42 Å². The molecular weight excluding hydrogens is 236 g/mol. The summed E-state index contributed by atoms with van der Waals surface area (Å²) >= 11 is 0. The number of aryl methyl sites for hydroxylation is 2. The summed E-state index contributed by atoms with van der Waals surface area (Å²) in [6.07, 6.45) is 2.06. The lowest BCUT2D eigenvalue weighted by Gasteiger charge is -2.13. The van der Waals surface area contributed by atoms with Crippen molar-refractivity contribution < 1.29 is 8.42 Å². The van der Waals surface area contributed by atoms with Gasteiger partial charge in [-0.05, 0) is 55.9 Å². The number of rotatable bonds is 4. The van der Waals surface area contributed by atoms with E-state index in [-0.39, 0.29) is 5.75 Å². The van der Waals surface area contributed by atoms with Crippen LogP contribution in [0.15, 0.2) is 12.1 Å². The van der Waals surface area contributed by atoms with Crippen molar-refractivity contribution in [3.8, 4) is 0 Å². The molecule has 0 saturated heterocycles. The third kappa shape index (κ3) is 3.12. The number of hydrogen-bond donors (Lipinski definition) is 2. The maximum absolute atomic E-state index is 11.9. The first kappa shape index (κ1) is 12.2. The molecule has 1 aliphatic rings. The van der Waals surface area contributed by atoms with Crippen LogP contribution >= 0.6 is 0 Å². The Kier molecular flexibility index (Phi) is 3.03. The van der Waals surface area contributed by atoms with Gasteiger partial charge < -0.3 is 5.73 Å². The molecule has 5 heteroatoms. The fourth-order valence-corrected chi connectivity index (χ4v) is 3.62. The molecule has 0 bridgehead atoms. The Morgan fingerprint density at radius 1 is 1.29 bits per heavy atom. The van der Waals surface area contributed by atoms with Crippen LogP contribution < -0.4 is 10.5 Å². The van der Waals surface area contributed by atoms with Crippen LogP contribution in [0.1, 0.15) is 24.0 Å². The topological polar surface area (TPSA) is 72.2 Å². The van der Waals surface area contributed by atoms with Gasteiger partial charge in [0.05, 0.1) is 11.4 Å². The minimum atomic E-state index is -3.22. The first-order valence-corrected chi connectivity index (χ1v) is 7.40. The molecule has 1 fully saturated rings. The molecule has 1 saturated carbocycles. The van der Waals surface area contributed by atoms with Crippen molar-refractivity contribution in [1.82, 2.24) is 0 Å². The molecule has 17 heavy (non-hydrogen) atoms. The second kappa shape index (κ2) is 4.22. The van der Waals surface area contributed by atoms with Gasteiger partial charge in [-0.25, -0.2) is 8.42 Å². The lowest BCUT2D eigenvalue weighted by Crippen LogP contribution is -2.19. The first-order valence-electron chi connectivity index (χ1n) is 5.74. The molecule has 1 aromatic rings. The van der Waals surface area contributed by atoms with Crippen LogP contribution in [-0.2, 0) is 10.0 Å². The molecule has 0 amide bonds. The number of benzene rings is 1. The van der Waals surface area contributed by atoms with Crippen molar-refractivity contribution in [1.29, 1.82) is 0 Å². The Morgan fingerprint density at radius 3 is 2.29 bits per heavy atom. The summed E-state index contributed by atoms with van der Waals surface area (Å²) in [7, 11) is -3.22. The molecule has 0 spiro atoms. The molecular formula is C12H18N2O2S. The van der Waals surface area contributed by atoms with Crippen LogP contribution in [-0.4, -0.2) is 14.2 Å². The lowest BCUT2D eigenvalue weighted by molar-refractivity contribution is 0.597. The maximum Gasteiger partial charge on any atom is 0.233 e. The maximum atomic E-state index is 11.9. The standard InChI is InChI=1S/C12H18N2O2S/c1-8-5-11(13)6-9(2)12(8)14-17(15,16)7-10-3-4-10/h5-6,10,14H,3-4,7,13H2,1-2H3. The largest absolute Gasteiger partial charge is 0.399 e. The molecule has 1 aliphatic carbocycles. The zero-order valence-electron chi connectivity index (χ0n) is 10.2. The number of hydrogen-bond acceptors (Lipinski definition) is 3. The van der Waals surface area contributed by atoms with Crippen molar-refractivity contribution in [2.75, 3.05) is 16.2 Å². The Balaban J connectivity index is 2.23. The smallest absolute Gasteiger partial charge is 0.233 e. The Labute approximate surface area is 102 Å². The second-order valence-corrected chi connectivity index (χ2v) is 6.62. The lowest BCUT2D eigenvalue weighted by atomic mass is 10.1. The molecule has 94 valence electrons. The van der Waals surface area contributed by atoms with E-state index in [2.05, 4.69) is 4.72 Å². The fraction of sp³-hybridized carbons (Fsp3) is 0.500. The van der Waals surface area contributed by atoms with Gasteiger partial charge in [0, 0.05) is 5.69 Å². The van der Waals surface area contributed by atoms with Crippen LogP contribution in [0.4, 0.5) is 11.4 Å². The Bertz CT molecular complexity index is 510. The van der Waals surface area contributed by atoms with Crippen molar-refractivity contribution in [2.24, 2.45) is 5.92 Å². The summed E-state index contributed by atoms with van der Waals surface area (Å²) in [6, 6.07) is 3.56. The van der Waals surface area contributed by atoms with Gasteiger partial charge in [-0.1, -0.05) is 0 Å². The van der Waals surface area contributed by atoms with Gasteiger partial charge >= 0.3 is 0 Å². The van der Waals surface area contributed by atoms with Crippen LogP contribution in [0.5, 0.6) is 0 Å². The number of sulfonamides is 1. The normalized spacial score (nSPS) is 15.9. The first-order chi connectivity index (χ1) is 7.87. The van der Waals surface area contributed by atoms with E-state index in [4.69, 9.17) is 5.73 Å². The van der Waals surface area contributed by atoms with Gasteiger partial charge in [0.25, 0.3) is 0 Å². The highest BCUT2D eigenvalue weighted by Gasteiger charge is 2.28. The molecule has 0 unspecified atom stereocenters. The molecule has 4 nitrogen and oxygen atoms in total. The number of nitrogens with two attached hydrogens (primary N) is 1. The highest BCUT2D eigenvalue weighted by atomic mass is 32.2.